The summed E-state index contributed by atoms with van der Waals surface area (Å²) < 4.78 is 28.0. The summed E-state index contributed by atoms with van der Waals surface area (Å²) in [5.41, 5.74) is 1.26. The quantitative estimate of drug-likeness (QED) is 0.755. The van der Waals surface area contributed by atoms with E-state index in [9.17, 15) is 18.4 Å². The fourth-order valence-electron chi connectivity index (χ4n) is 2.94. The number of rotatable bonds is 4. The molecule has 4 amide bonds. The lowest BCUT2D eigenvalue weighted by Gasteiger charge is -2.20. The van der Waals surface area contributed by atoms with E-state index in [1.54, 1.807) is 6.92 Å². The van der Waals surface area contributed by atoms with Crippen molar-refractivity contribution in [1.29, 1.82) is 5.26 Å². The number of anilines is 2. The molecule has 0 radical (unpaired) electrons. The molecule has 1 aliphatic heterocycles. The summed E-state index contributed by atoms with van der Waals surface area (Å²) in [6.45, 7) is 2.19. The van der Waals surface area contributed by atoms with E-state index in [-0.39, 0.29) is 23.4 Å². The summed E-state index contributed by atoms with van der Waals surface area (Å²) in [4.78, 5) is 25.3. The standard InChI is InChI=1S/C19H17F2N5O2/c1-11-16(5-4-15(21)17(11)26-7-6-23-19(26)28)25-18(27)24-10-13-8-12(9-22)2-3-14(13)20/h2-5,8H,6-7,10H2,1H3,(H,23,28)(H2,24,25,27). The Balaban J connectivity index is 1.73. The van der Waals surface area contributed by atoms with Crippen LogP contribution in [0.25, 0.3) is 0 Å². The molecule has 7 nitrogen and oxygen atoms in total. The summed E-state index contributed by atoms with van der Waals surface area (Å²) in [6, 6.07) is 7.27. The average molecular weight is 385 g/mol. The molecule has 0 spiro atoms. The zero-order valence-electron chi connectivity index (χ0n) is 15.0. The monoisotopic (exact) mass is 385 g/mol. The van der Waals surface area contributed by atoms with Crippen molar-refractivity contribution in [3.05, 3.63) is 58.7 Å². The molecule has 0 saturated carbocycles. The van der Waals surface area contributed by atoms with Gasteiger partial charge in [0.2, 0.25) is 0 Å². The van der Waals surface area contributed by atoms with Crippen molar-refractivity contribution in [2.75, 3.05) is 23.3 Å². The van der Waals surface area contributed by atoms with Gasteiger partial charge in [0, 0.05) is 30.9 Å². The van der Waals surface area contributed by atoms with Crippen LogP contribution >= 0.6 is 0 Å². The van der Waals surface area contributed by atoms with Gasteiger partial charge < -0.3 is 16.0 Å². The van der Waals surface area contributed by atoms with Crippen molar-refractivity contribution in [3.63, 3.8) is 0 Å². The van der Waals surface area contributed by atoms with Gasteiger partial charge in [0.15, 0.2) is 0 Å². The second-order valence-corrected chi connectivity index (χ2v) is 6.18. The fourth-order valence-corrected chi connectivity index (χ4v) is 2.94. The van der Waals surface area contributed by atoms with Crippen molar-refractivity contribution < 1.29 is 18.4 Å². The minimum atomic E-state index is -0.631. The predicted molar refractivity (Wildman–Crippen MR) is 98.9 cm³/mol. The van der Waals surface area contributed by atoms with Gasteiger partial charge in [-0.3, -0.25) is 4.90 Å². The van der Waals surface area contributed by atoms with Crippen LogP contribution in [0.3, 0.4) is 0 Å². The summed E-state index contributed by atoms with van der Waals surface area (Å²) in [5.74, 6) is -1.12. The molecule has 1 heterocycles. The molecule has 1 aliphatic rings. The van der Waals surface area contributed by atoms with Crippen molar-refractivity contribution >= 4 is 23.4 Å². The summed E-state index contributed by atoms with van der Waals surface area (Å²) in [6.07, 6.45) is 0. The number of nitriles is 1. The summed E-state index contributed by atoms with van der Waals surface area (Å²) in [7, 11) is 0. The Kier molecular flexibility index (Phi) is 5.40. The third-order valence-electron chi connectivity index (χ3n) is 4.37. The molecule has 0 bridgehead atoms. The van der Waals surface area contributed by atoms with Gasteiger partial charge in [-0.05, 0) is 42.8 Å². The number of carbonyl (C=O) groups excluding carboxylic acids is 2. The number of hydrogen-bond acceptors (Lipinski definition) is 3. The average Bonchev–Trinajstić information content (AvgIpc) is 3.09. The first kappa shape index (κ1) is 19.1. The smallest absolute Gasteiger partial charge is 0.322 e. The highest BCUT2D eigenvalue weighted by atomic mass is 19.1. The molecule has 2 aromatic carbocycles. The lowest BCUT2D eigenvalue weighted by atomic mass is 10.1. The highest BCUT2D eigenvalue weighted by Gasteiger charge is 2.26. The van der Waals surface area contributed by atoms with Gasteiger partial charge in [0.1, 0.15) is 11.6 Å². The van der Waals surface area contributed by atoms with E-state index < -0.39 is 23.7 Å². The van der Waals surface area contributed by atoms with Gasteiger partial charge in [-0.2, -0.15) is 5.26 Å². The van der Waals surface area contributed by atoms with Crippen molar-refractivity contribution in [2.45, 2.75) is 13.5 Å². The number of nitrogens with zero attached hydrogens (tertiary/aromatic N) is 2. The van der Waals surface area contributed by atoms with E-state index in [1.807, 2.05) is 6.07 Å². The summed E-state index contributed by atoms with van der Waals surface area (Å²) in [5, 5.41) is 16.5. The Morgan fingerprint density at radius 3 is 2.71 bits per heavy atom. The SMILES string of the molecule is Cc1c(NC(=O)NCc2cc(C#N)ccc2F)ccc(F)c1N1CCNC1=O. The molecule has 0 unspecified atom stereocenters. The van der Waals surface area contributed by atoms with Crippen LogP contribution in [-0.4, -0.2) is 25.2 Å². The predicted octanol–water partition coefficient (Wildman–Crippen LogP) is 3.00. The number of benzene rings is 2. The second-order valence-electron chi connectivity index (χ2n) is 6.18. The molecule has 144 valence electrons. The van der Waals surface area contributed by atoms with Crippen molar-refractivity contribution in [3.8, 4) is 6.07 Å². The van der Waals surface area contributed by atoms with Crippen LogP contribution < -0.4 is 20.9 Å². The van der Waals surface area contributed by atoms with Gasteiger partial charge in [-0.15, -0.1) is 0 Å². The lowest BCUT2D eigenvalue weighted by molar-refractivity contribution is 0.251. The zero-order valence-corrected chi connectivity index (χ0v) is 15.0. The normalized spacial score (nSPS) is 13.1. The number of hydrogen-bond donors (Lipinski definition) is 3. The van der Waals surface area contributed by atoms with Crippen LogP contribution in [0.4, 0.5) is 29.7 Å². The second kappa shape index (κ2) is 7.92. The molecular weight excluding hydrogens is 368 g/mol. The lowest BCUT2D eigenvalue weighted by Crippen LogP contribution is -2.31. The van der Waals surface area contributed by atoms with Gasteiger partial charge in [-0.1, -0.05) is 0 Å². The van der Waals surface area contributed by atoms with Crippen LogP contribution in [0, 0.1) is 29.9 Å². The maximum absolute atomic E-state index is 14.3. The number of amides is 4. The van der Waals surface area contributed by atoms with Crippen LogP contribution in [0.5, 0.6) is 0 Å². The molecule has 0 aliphatic carbocycles. The topological polar surface area (TPSA) is 97.3 Å². The largest absolute Gasteiger partial charge is 0.336 e. The maximum atomic E-state index is 14.3. The van der Waals surface area contributed by atoms with Gasteiger partial charge in [0.25, 0.3) is 0 Å². The van der Waals surface area contributed by atoms with Crippen LogP contribution in [0.15, 0.2) is 30.3 Å². The number of nitrogens with one attached hydrogen (secondary N) is 3. The molecule has 3 N–H and O–H groups in total. The molecule has 9 heteroatoms. The first-order chi connectivity index (χ1) is 13.4. The van der Waals surface area contributed by atoms with Gasteiger partial charge >= 0.3 is 12.1 Å². The molecule has 2 aromatic rings. The van der Waals surface area contributed by atoms with Gasteiger partial charge in [0.05, 0.1) is 17.3 Å². The Labute approximate surface area is 159 Å². The maximum Gasteiger partial charge on any atom is 0.322 e. The van der Waals surface area contributed by atoms with E-state index in [1.165, 1.54) is 29.2 Å². The minimum Gasteiger partial charge on any atom is -0.336 e. The van der Waals surface area contributed by atoms with E-state index in [0.717, 1.165) is 6.07 Å². The molecule has 28 heavy (non-hydrogen) atoms. The molecule has 0 aromatic heterocycles. The van der Waals surface area contributed by atoms with Crippen molar-refractivity contribution in [1.82, 2.24) is 10.6 Å². The Morgan fingerprint density at radius 1 is 1.29 bits per heavy atom. The third-order valence-corrected chi connectivity index (χ3v) is 4.37. The van der Waals surface area contributed by atoms with Crippen molar-refractivity contribution in [2.24, 2.45) is 0 Å². The molecule has 0 atom stereocenters. The molecule has 3 rings (SSSR count). The third kappa shape index (κ3) is 3.86. The number of carbonyl (C=O) groups is 2. The first-order valence-corrected chi connectivity index (χ1v) is 8.48. The van der Waals surface area contributed by atoms with E-state index in [2.05, 4.69) is 16.0 Å². The van der Waals surface area contributed by atoms with Crippen LogP contribution in [0.2, 0.25) is 0 Å². The first-order valence-electron chi connectivity index (χ1n) is 8.48. The number of halogens is 2. The van der Waals surface area contributed by atoms with Crippen LogP contribution in [-0.2, 0) is 6.54 Å². The Bertz CT molecular complexity index is 987. The zero-order chi connectivity index (χ0) is 20.3. The minimum absolute atomic E-state index is 0.0977. The number of urea groups is 2. The van der Waals surface area contributed by atoms with E-state index in [0.29, 0.717) is 24.3 Å². The molecular formula is C19H17F2N5O2. The van der Waals surface area contributed by atoms with Crippen LogP contribution in [0.1, 0.15) is 16.7 Å². The molecule has 1 fully saturated rings. The van der Waals surface area contributed by atoms with Gasteiger partial charge in [-0.25, -0.2) is 18.4 Å². The van der Waals surface area contributed by atoms with E-state index in [4.69, 9.17) is 5.26 Å². The van der Waals surface area contributed by atoms with E-state index >= 15 is 0 Å². The fraction of sp³-hybridized carbons (Fsp3) is 0.211. The highest BCUT2D eigenvalue weighted by molar-refractivity contribution is 5.97. The highest BCUT2D eigenvalue weighted by Crippen LogP contribution is 2.31. The Hall–Kier alpha value is -3.67. The molecule has 1 saturated heterocycles. The Morgan fingerprint density at radius 2 is 2.04 bits per heavy atom. The summed E-state index contributed by atoms with van der Waals surface area (Å²) >= 11 is 0.